The lowest BCUT2D eigenvalue weighted by Crippen LogP contribution is -2.00. The van der Waals surface area contributed by atoms with Crippen LogP contribution in [-0.4, -0.2) is 4.57 Å². The molecule has 11 aromatic rings. The molecule has 0 saturated carbocycles. The number of fused-ring (bicyclic) bond motifs is 13. The fourth-order valence-electron chi connectivity index (χ4n) is 8.75. The van der Waals surface area contributed by atoms with Crippen LogP contribution >= 0.6 is 0 Å². The largest absolute Gasteiger partial charge is 0.307 e. The molecule has 0 saturated heterocycles. The summed E-state index contributed by atoms with van der Waals surface area (Å²) in [5.41, 5.74) is 6.26. The van der Waals surface area contributed by atoms with Crippen LogP contribution in [0.25, 0.3) is 103 Å². The molecule has 0 unspecified atom stereocenters. The van der Waals surface area contributed by atoms with Gasteiger partial charge in [0.2, 0.25) is 0 Å². The van der Waals surface area contributed by atoms with E-state index >= 15 is 0 Å². The average Bonchev–Trinajstić information content (AvgIpc) is 3.51. The highest BCUT2D eigenvalue weighted by molar-refractivity contribution is 6.37. The monoisotopic (exact) mass is 619 g/mol. The van der Waals surface area contributed by atoms with Gasteiger partial charge in [0, 0.05) is 32.3 Å². The molecule has 1 heterocycles. The van der Waals surface area contributed by atoms with E-state index in [4.69, 9.17) is 0 Å². The zero-order valence-electron chi connectivity index (χ0n) is 26.7. The van der Waals surface area contributed by atoms with Crippen LogP contribution in [0, 0.1) is 0 Å². The number of aromatic nitrogens is 1. The van der Waals surface area contributed by atoms with Crippen molar-refractivity contribution in [2.24, 2.45) is 0 Å². The Hall–Kier alpha value is -6.44. The normalized spacial score (nSPS) is 12.1. The molecule has 0 bridgehead atoms. The van der Waals surface area contributed by atoms with Gasteiger partial charge in [-0.1, -0.05) is 170 Å². The van der Waals surface area contributed by atoms with Crippen LogP contribution in [0.15, 0.2) is 176 Å². The van der Waals surface area contributed by atoms with E-state index in [1.165, 1.54) is 103 Å². The second-order valence-electron chi connectivity index (χ2n) is 13.2. The summed E-state index contributed by atoms with van der Waals surface area (Å²) in [6, 6.07) is 65.0. The van der Waals surface area contributed by atoms with Gasteiger partial charge in [-0.25, -0.2) is 0 Å². The highest BCUT2D eigenvalue weighted by Crippen LogP contribution is 2.48. The summed E-state index contributed by atoms with van der Waals surface area (Å²) in [6.45, 7) is 0. The lowest BCUT2D eigenvalue weighted by molar-refractivity contribution is 1.22. The Morgan fingerprint density at radius 3 is 1.51 bits per heavy atom. The first-order chi connectivity index (χ1) is 24.4. The molecule has 49 heavy (non-hydrogen) atoms. The van der Waals surface area contributed by atoms with Crippen LogP contribution in [-0.2, 0) is 0 Å². The van der Waals surface area contributed by atoms with Crippen LogP contribution in [0.3, 0.4) is 0 Å². The number of nitrogens with zero attached hydrogens (tertiary/aromatic N) is 1. The molecule has 0 aliphatic heterocycles. The third kappa shape index (κ3) is 3.59. The SMILES string of the molecule is c1ccc2c(-c3c4ccccc4c(-n4c5ccccc5c5c6c7ccccc7ccc6c6ccccc6c54)c4ccccc34)cccc2c1. The number of para-hydroxylation sites is 1. The van der Waals surface area contributed by atoms with Crippen LogP contribution in [0.2, 0.25) is 0 Å². The number of rotatable bonds is 2. The quantitative estimate of drug-likeness (QED) is 0.134. The Labute approximate surface area is 282 Å². The van der Waals surface area contributed by atoms with Crippen molar-refractivity contribution in [2.45, 2.75) is 0 Å². The van der Waals surface area contributed by atoms with Crippen LogP contribution in [0.5, 0.6) is 0 Å². The molecule has 10 aromatic carbocycles. The molecule has 0 amide bonds. The third-order valence-electron chi connectivity index (χ3n) is 10.7. The van der Waals surface area contributed by atoms with E-state index in [-0.39, 0.29) is 0 Å². The number of hydrogen-bond donors (Lipinski definition) is 0. The summed E-state index contributed by atoms with van der Waals surface area (Å²) in [5.74, 6) is 0. The second-order valence-corrected chi connectivity index (χ2v) is 13.2. The Morgan fingerprint density at radius 1 is 0.286 bits per heavy atom. The molecular weight excluding hydrogens is 591 g/mol. The minimum absolute atomic E-state index is 1.22. The van der Waals surface area contributed by atoms with Gasteiger partial charge in [-0.15, -0.1) is 0 Å². The first kappa shape index (κ1) is 26.6. The lowest BCUT2D eigenvalue weighted by Gasteiger charge is -2.21. The van der Waals surface area contributed by atoms with Gasteiger partial charge in [0.15, 0.2) is 0 Å². The maximum absolute atomic E-state index is 2.59. The van der Waals surface area contributed by atoms with Gasteiger partial charge in [0.25, 0.3) is 0 Å². The molecule has 0 fully saturated rings. The van der Waals surface area contributed by atoms with E-state index < -0.39 is 0 Å². The van der Waals surface area contributed by atoms with E-state index in [9.17, 15) is 0 Å². The topological polar surface area (TPSA) is 4.93 Å². The molecule has 0 spiro atoms. The first-order valence-electron chi connectivity index (χ1n) is 17.0. The Bertz CT molecular complexity index is 3100. The standard InChI is InChI=1S/C48H29N/c1-3-17-32-30(14-1)16-13-26-35(32)44-36-20-6-9-23-40(36)47(41-24-10-7-21-37(41)44)49-43-27-12-11-25-42(43)46-45-33-18-4-2-15-31(33)28-29-38(45)34-19-5-8-22-39(34)48(46)49/h1-29H. The minimum atomic E-state index is 1.22. The summed E-state index contributed by atoms with van der Waals surface area (Å²) < 4.78 is 2.59. The van der Waals surface area contributed by atoms with Gasteiger partial charge < -0.3 is 4.57 Å². The molecule has 1 heteroatoms. The zero-order valence-corrected chi connectivity index (χ0v) is 26.7. The highest BCUT2D eigenvalue weighted by atomic mass is 15.0. The fourth-order valence-corrected chi connectivity index (χ4v) is 8.75. The number of hydrogen-bond acceptors (Lipinski definition) is 0. The van der Waals surface area contributed by atoms with Gasteiger partial charge >= 0.3 is 0 Å². The molecule has 0 atom stereocenters. The van der Waals surface area contributed by atoms with Gasteiger partial charge in [0.05, 0.1) is 16.7 Å². The van der Waals surface area contributed by atoms with Crippen LogP contribution < -0.4 is 0 Å². The molecule has 1 nitrogen and oxygen atoms in total. The predicted molar refractivity (Wildman–Crippen MR) is 211 cm³/mol. The molecule has 0 aliphatic rings. The molecule has 226 valence electrons. The third-order valence-corrected chi connectivity index (χ3v) is 10.7. The summed E-state index contributed by atoms with van der Waals surface area (Å²) in [4.78, 5) is 0. The second kappa shape index (κ2) is 10.0. The maximum Gasteiger partial charge on any atom is 0.0626 e. The van der Waals surface area contributed by atoms with Crippen molar-refractivity contribution in [2.75, 3.05) is 0 Å². The molecule has 0 radical (unpaired) electrons. The molecule has 0 aliphatic carbocycles. The van der Waals surface area contributed by atoms with Gasteiger partial charge in [-0.3, -0.25) is 0 Å². The van der Waals surface area contributed by atoms with Gasteiger partial charge in [-0.2, -0.15) is 0 Å². The Kier molecular flexibility index (Phi) is 5.45. The van der Waals surface area contributed by atoms with E-state index in [2.05, 4.69) is 180 Å². The summed E-state index contributed by atoms with van der Waals surface area (Å²) >= 11 is 0. The van der Waals surface area contributed by atoms with Crippen molar-refractivity contribution in [3.8, 4) is 16.8 Å². The highest BCUT2D eigenvalue weighted by Gasteiger charge is 2.24. The van der Waals surface area contributed by atoms with Gasteiger partial charge in [0.1, 0.15) is 0 Å². The summed E-state index contributed by atoms with van der Waals surface area (Å²) in [7, 11) is 0. The Balaban J connectivity index is 1.42. The zero-order chi connectivity index (χ0) is 32.1. The fraction of sp³-hybridized carbons (Fsp3) is 0. The van der Waals surface area contributed by atoms with Crippen molar-refractivity contribution >= 4 is 86.4 Å². The molecule has 1 aromatic heterocycles. The first-order valence-corrected chi connectivity index (χ1v) is 17.0. The van der Waals surface area contributed by atoms with Crippen LogP contribution in [0.1, 0.15) is 0 Å². The van der Waals surface area contributed by atoms with Crippen LogP contribution in [0.4, 0.5) is 0 Å². The molecule has 11 rings (SSSR count). The Morgan fingerprint density at radius 2 is 0.796 bits per heavy atom. The predicted octanol–water partition coefficient (Wildman–Crippen LogP) is 13.4. The van der Waals surface area contributed by atoms with E-state index in [1.807, 2.05) is 0 Å². The van der Waals surface area contributed by atoms with Crippen molar-refractivity contribution in [1.82, 2.24) is 4.57 Å². The van der Waals surface area contributed by atoms with E-state index in [0.717, 1.165) is 0 Å². The number of benzene rings is 10. The molecule has 0 N–H and O–H groups in total. The van der Waals surface area contributed by atoms with Gasteiger partial charge in [-0.05, 0) is 60.3 Å². The van der Waals surface area contributed by atoms with Crippen molar-refractivity contribution in [1.29, 1.82) is 0 Å². The van der Waals surface area contributed by atoms with Crippen molar-refractivity contribution in [3.63, 3.8) is 0 Å². The minimum Gasteiger partial charge on any atom is -0.307 e. The van der Waals surface area contributed by atoms with E-state index in [1.54, 1.807) is 0 Å². The average molecular weight is 620 g/mol. The van der Waals surface area contributed by atoms with Crippen molar-refractivity contribution in [3.05, 3.63) is 176 Å². The summed E-state index contributed by atoms with van der Waals surface area (Å²) in [6.07, 6.45) is 0. The maximum atomic E-state index is 2.59. The molecular formula is C48H29N. The van der Waals surface area contributed by atoms with Crippen molar-refractivity contribution < 1.29 is 0 Å². The lowest BCUT2D eigenvalue weighted by atomic mass is 9.88. The van der Waals surface area contributed by atoms with E-state index in [0.29, 0.717) is 0 Å². The summed E-state index contributed by atoms with van der Waals surface area (Å²) in [5, 5.41) is 17.8. The smallest absolute Gasteiger partial charge is 0.0626 e.